The molecular weight excluding hydrogens is 194 g/mol. The lowest BCUT2D eigenvalue weighted by molar-refractivity contribution is 0.380. The smallest absolute Gasteiger partial charge is 0.00460 e. The maximum absolute atomic E-state index is 3.28. The second-order valence-electron chi connectivity index (χ2n) is 5.22. The van der Waals surface area contributed by atoms with Crippen LogP contribution in [0.2, 0.25) is 0 Å². The van der Waals surface area contributed by atoms with Gasteiger partial charge >= 0.3 is 0 Å². The van der Waals surface area contributed by atoms with Crippen LogP contribution in [0.3, 0.4) is 0 Å². The summed E-state index contributed by atoms with van der Waals surface area (Å²) in [5.74, 6) is 1.60. The minimum atomic E-state index is 0.760. The zero-order valence-corrected chi connectivity index (χ0v) is 10.7. The molecule has 1 aliphatic rings. The average molecular weight is 217 g/mol. The zero-order valence-electron chi connectivity index (χ0n) is 10.7. The molecule has 0 aliphatic heterocycles. The van der Waals surface area contributed by atoms with Crippen molar-refractivity contribution in [1.29, 1.82) is 0 Å². The van der Waals surface area contributed by atoms with Crippen LogP contribution < -0.4 is 5.32 Å². The van der Waals surface area contributed by atoms with Crippen molar-refractivity contribution in [1.82, 2.24) is 5.32 Å². The molecule has 2 rings (SSSR count). The topological polar surface area (TPSA) is 12.0 Å². The summed E-state index contributed by atoms with van der Waals surface area (Å²) in [6.45, 7) is 5.74. The predicted molar refractivity (Wildman–Crippen MR) is 69.9 cm³/mol. The number of fused-ring (bicyclic) bond motifs is 1. The summed E-state index contributed by atoms with van der Waals surface area (Å²) in [5.41, 5.74) is 4.61. The first-order chi connectivity index (χ1) is 7.72. The predicted octanol–water partition coefficient (Wildman–Crippen LogP) is 3.27. The number of benzene rings is 1. The van der Waals surface area contributed by atoms with Gasteiger partial charge in [0, 0.05) is 0 Å². The van der Waals surface area contributed by atoms with Crippen molar-refractivity contribution in [3.8, 4) is 0 Å². The Bertz CT molecular complexity index is 356. The van der Waals surface area contributed by atoms with Gasteiger partial charge in [-0.2, -0.15) is 0 Å². The maximum atomic E-state index is 3.28. The molecule has 1 N–H and O–H groups in total. The lowest BCUT2D eigenvalue weighted by atomic mass is 9.74. The molecule has 0 spiro atoms. The van der Waals surface area contributed by atoms with Crippen LogP contribution in [0.4, 0.5) is 0 Å². The first-order valence-corrected chi connectivity index (χ1v) is 6.46. The Hall–Kier alpha value is -0.820. The van der Waals surface area contributed by atoms with E-state index in [1.54, 1.807) is 11.1 Å². The van der Waals surface area contributed by atoms with Crippen molar-refractivity contribution in [2.75, 3.05) is 13.6 Å². The number of nitrogens with one attached hydrogen (secondary N) is 1. The maximum Gasteiger partial charge on any atom is -0.00460 e. The summed E-state index contributed by atoms with van der Waals surface area (Å²) in [7, 11) is 2.05. The third-order valence-electron chi connectivity index (χ3n) is 3.96. The standard InChI is InChI=1S/C15H23N/c1-11-4-6-13-7-5-12(2)14(8-9-16-3)15(13)10-11/h4,6,10,12,14,16H,5,7-9H2,1-3H3. The van der Waals surface area contributed by atoms with Crippen LogP contribution in [-0.2, 0) is 6.42 Å². The second kappa shape index (κ2) is 5.01. The van der Waals surface area contributed by atoms with Crippen molar-refractivity contribution in [3.05, 3.63) is 34.9 Å². The monoisotopic (exact) mass is 217 g/mol. The molecule has 0 amide bonds. The summed E-state index contributed by atoms with van der Waals surface area (Å²) in [5, 5.41) is 3.28. The van der Waals surface area contributed by atoms with Crippen LogP contribution in [0.15, 0.2) is 18.2 Å². The van der Waals surface area contributed by atoms with E-state index in [4.69, 9.17) is 0 Å². The molecule has 0 bridgehead atoms. The van der Waals surface area contributed by atoms with Crippen LogP contribution in [0, 0.1) is 12.8 Å². The molecule has 1 nitrogen and oxygen atoms in total. The molecule has 0 aromatic heterocycles. The van der Waals surface area contributed by atoms with E-state index in [0.717, 1.165) is 18.4 Å². The first kappa shape index (κ1) is 11.7. The molecule has 2 unspecified atom stereocenters. The SMILES string of the molecule is CNCCC1c2cc(C)ccc2CCC1C. The minimum Gasteiger partial charge on any atom is -0.320 e. The molecule has 88 valence electrons. The molecule has 1 aromatic carbocycles. The summed E-state index contributed by atoms with van der Waals surface area (Å²) >= 11 is 0. The van der Waals surface area contributed by atoms with Crippen LogP contribution in [-0.4, -0.2) is 13.6 Å². The Morgan fingerprint density at radius 3 is 2.94 bits per heavy atom. The molecule has 1 heteroatoms. The molecule has 0 radical (unpaired) electrons. The summed E-state index contributed by atoms with van der Waals surface area (Å²) < 4.78 is 0. The van der Waals surface area contributed by atoms with E-state index in [1.807, 2.05) is 7.05 Å². The number of hydrogen-bond acceptors (Lipinski definition) is 1. The van der Waals surface area contributed by atoms with Gasteiger partial charge in [0.05, 0.1) is 0 Å². The van der Waals surface area contributed by atoms with E-state index >= 15 is 0 Å². The molecule has 16 heavy (non-hydrogen) atoms. The van der Waals surface area contributed by atoms with Crippen LogP contribution in [0.1, 0.15) is 42.4 Å². The number of rotatable bonds is 3. The fourth-order valence-corrected chi connectivity index (χ4v) is 2.92. The average Bonchev–Trinajstić information content (AvgIpc) is 2.28. The molecule has 1 aliphatic carbocycles. The molecule has 0 saturated heterocycles. The summed E-state index contributed by atoms with van der Waals surface area (Å²) in [6.07, 6.45) is 3.89. The van der Waals surface area contributed by atoms with Crippen LogP contribution >= 0.6 is 0 Å². The fourth-order valence-electron chi connectivity index (χ4n) is 2.92. The van der Waals surface area contributed by atoms with Crippen LogP contribution in [0.25, 0.3) is 0 Å². The Kier molecular flexibility index (Phi) is 3.65. The zero-order chi connectivity index (χ0) is 11.5. The largest absolute Gasteiger partial charge is 0.320 e. The highest BCUT2D eigenvalue weighted by atomic mass is 14.8. The van der Waals surface area contributed by atoms with Crippen molar-refractivity contribution < 1.29 is 0 Å². The van der Waals surface area contributed by atoms with Crippen molar-refractivity contribution in [2.45, 2.75) is 39.0 Å². The molecule has 1 aromatic rings. The van der Waals surface area contributed by atoms with Crippen molar-refractivity contribution in [2.24, 2.45) is 5.92 Å². The Labute approximate surface area is 99.3 Å². The lowest BCUT2D eigenvalue weighted by Gasteiger charge is -2.32. The van der Waals surface area contributed by atoms with E-state index in [1.165, 1.54) is 24.8 Å². The normalized spacial score (nSPS) is 24.2. The van der Waals surface area contributed by atoms with E-state index in [-0.39, 0.29) is 0 Å². The van der Waals surface area contributed by atoms with Gasteiger partial charge in [-0.05, 0) is 62.7 Å². The molecular formula is C15H23N. The van der Waals surface area contributed by atoms with Gasteiger partial charge in [-0.1, -0.05) is 30.7 Å². The minimum absolute atomic E-state index is 0.760. The Morgan fingerprint density at radius 1 is 1.38 bits per heavy atom. The third-order valence-corrected chi connectivity index (χ3v) is 3.96. The highest BCUT2D eigenvalue weighted by molar-refractivity contribution is 5.36. The van der Waals surface area contributed by atoms with Crippen molar-refractivity contribution in [3.63, 3.8) is 0 Å². The van der Waals surface area contributed by atoms with E-state index < -0.39 is 0 Å². The lowest BCUT2D eigenvalue weighted by Crippen LogP contribution is -2.22. The third kappa shape index (κ3) is 2.30. The highest BCUT2D eigenvalue weighted by Gasteiger charge is 2.25. The van der Waals surface area contributed by atoms with E-state index in [0.29, 0.717) is 0 Å². The molecule has 0 heterocycles. The Morgan fingerprint density at radius 2 is 2.19 bits per heavy atom. The van der Waals surface area contributed by atoms with Gasteiger partial charge < -0.3 is 5.32 Å². The van der Waals surface area contributed by atoms with Gasteiger partial charge in [0.15, 0.2) is 0 Å². The van der Waals surface area contributed by atoms with Gasteiger partial charge in [-0.3, -0.25) is 0 Å². The van der Waals surface area contributed by atoms with E-state index in [9.17, 15) is 0 Å². The van der Waals surface area contributed by atoms with Gasteiger partial charge in [-0.25, -0.2) is 0 Å². The molecule has 0 fully saturated rings. The van der Waals surface area contributed by atoms with Gasteiger partial charge in [-0.15, -0.1) is 0 Å². The Balaban J connectivity index is 2.27. The van der Waals surface area contributed by atoms with Gasteiger partial charge in [0.1, 0.15) is 0 Å². The quantitative estimate of drug-likeness (QED) is 0.819. The molecule has 0 saturated carbocycles. The number of aryl methyl sites for hydroxylation is 2. The number of hydrogen-bond donors (Lipinski definition) is 1. The summed E-state index contributed by atoms with van der Waals surface area (Å²) in [4.78, 5) is 0. The highest BCUT2D eigenvalue weighted by Crippen LogP contribution is 2.38. The van der Waals surface area contributed by atoms with E-state index in [2.05, 4.69) is 37.4 Å². The summed E-state index contributed by atoms with van der Waals surface area (Å²) in [6, 6.07) is 7.00. The van der Waals surface area contributed by atoms with Crippen LogP contribution in [0.5, 0.6) is 0 Å². The van der Waals surface area contributed by atoms with Crippen molar-refractivity contribution >= 4 is 0 Å². The van der Waals surface area contributed by atoms with Gasteiger partial charge in [0.25, 0.3) is 0 Å². The first-order valence-electron chi connectivity index (χ1n) is 6.46. The fraction of sp³-hybridized carbons (Fsp3) is 0.600. The molecule has 2 atom stereocenters. The second-order valence-corrected chi connectivity index (χ2v) is 5.22. The van der Waals surface area contributed by atoms with Gasteiger partial charge in [0.2, 0.25) is 0 Å².